The molecule has 1 fully saturated rings. The Bertz CT molecular complexity index is 668. The molecule has 0 bridgehead atoms. The summed E-state index contributed by atoms with van der Waals surface area (Å²) in [5, 5.41) is 10.6. The zero-order chi connectivity index (χ0) is 14.8. The zero-order valence-electron chi connectivity index (χ0n) is 12.0. The number of fused-ring (bicyclic) bond motifs is 1. The van der Waals surface area contributed by atoms with Crippen molar-refractivity contribution in [3.63, 3.8) is 0 Å². The van der Waals surface area contributed by atoms with E-state index in [1.165, 1.54) is 38.5 Å². The molecule has 1 saturated carbocycles. The summed E-state index contributed by atoms with van der Waals surface area (Å²) in [7, 11) is 0. The molecule has 0 aliphatic heterocycles. The van der Waals surface area contributed by atoms with E-state index in [2.05, 4.69) is 25.9 Å². The molecule has 3 N–H and O–H groups in total. The molecule has 5 heteroatoms. The van der Waals surface area contributed by atoms with E-state index in [0.29, 0.717) is 5.92 Å². The molecule has 0 saturated heterocycles. The van der Waals surface area contributed by atoms with Crippen molar-refractivity contribution in [1.29, 1.82) is 0 Å². The van der Waals surface area contributed by atoms with Crippen molar-refractivity contribution in [3.05, 3.63) is 32.7 Å². The normalized spacial score (nSPS) is 18.8. The summed E-state index contributed by atoms with van der Waals surface area (Å²) in [4.78, 5) is 16.8. The maximum absolute atomic E-state index is 11.3. The Morgan fingerprint density at radius 2 is 1.76 bits per heavy atom. The topological polar surface area (TPSA) is 68.9 Å². The Balaban J connectivity index is 1.81. The number of hydrogen-bond donors (Lipinski definition) is 3. The second kappa shape index (κ2) is 6.36. The highest BCUT2D eigenvalue weighted by atomic mass is 79.9. The lowest BCUT2D eigenvalue weighted by Gasteiger charge is -2.19. The third-order valence-electron chi connectivity index (χ3n) is 4.52. The minimum atomic E-state index is -0.481. The highest BCUT2D eigenvalue weighted by Crippen LogP contribution is 2.34. The highest BCUT2D eigenvalue weighted by molar-refractivity contribution is 9.10. The minimum absolute atomic E-state index is 0.215. The third-order valence-corrected chi connectivity index (χ3v) is 5.21. The van der Waals surface area contributed by atoms with E-state index in [9.17, 15) is 9.90 Å². The molecule has 0 amide bonds. The quantitative estimate of drug-likeness (QED) is 0.730. The van der Waals surface area contributed by atoms with E-state index in [-0.39, 0.29) is 5.69 Å². The lowest BCUT2D eigenvalue weighted by Crippen LogP contribution is -2.07. The van der Waals surface area contributed by atoms with Gasteiger partial charge < -0.3 is 15.1 Å². The fourth-order valence-corrected chi connectivity index (χ4v) is 3.98. The van der Waals surface area contributed by atoms with Gasteiger partial charge in [-0.25, -0.2) is 4.79 Å². The van der Waals surface area contributed by atoms with E-state index in [1.807, 2.05) is 12.1 Å². The van der Waals surface area contributed by atoms with Crippen LogP contribution in [-0.2, 0) is 0 Å². The predicted octanol–water partition coefficient (Wildman–Crippen LogP) is 4.01. The first kappa shape index (κ1) is 14.9. The first-order valence-electron chi connectivity index (χ1n) is 7.73. The van der Waals surface area contributed by atoms with Crippen molar-refractivity contribution in [2.24, 2.45) is 5.92 Å². The van der Waals surface area contributed by atoms with Gasteiger partial charge >= 0.3 is 5.69 Å². The van der Waals surface area contributed by atoms with Crippen LogP contribution < -0.4 is 5.69 Å². The van der Waals surface area contributed by atoms with Crippen LogP contribution in [0.1, 0.15) is 56.6 Å². The van der Waals surface area contributed by atoms with Gasteiger partial charge in [-0.2, -0.15) is 0 Å². The van der Waals surface area contributed by atoms with E-state index in [0.717, 1.165) is 27.5 Å². The first-order chi connectivity index (χ1) is 10.1. The van der Waals surface area contributed by atoms with Gasteiger partial charge in [0.25, 0.3) is 0 Å². The Morgan fingerprint density at radius 1 is 1.14 bits per heavy atom. The fourth-order valence-electron chi connectivity index (χ4n) is 3.37. The smallest absolute Gasteiger partial charge is 0.323 e. The molecule has 1 aromatic heterocycles. The first-order valence-corrected chi connectivity index (χ1v) is 8.52. The Kier molecular flexibility index (Phi) is 4.50. The van der Waals surface area contributed by atoms with Crippen LogP contribution >= 0.6 is 15.9 Å². The molecule has 1 unspecified atom stereocenters. The number of hydrogen-bond acceptors (Lipinski definition) is 2. The lowest BCUT2D eigenvalue weighted by atomic mass is 9.91. The van der Waals surface area contributed by atoms with Crippen LogP contribution in [0.5, 0.6) is 0 Å². The summed E-state index contributed by atoms with van der Waals surface area (Å²) in [5.41, 5.74) is 2.16. The summed E-state index contributed by atoms with van der Waals surface area (Å²) in [6.45, 7) is 0. The van der Waals surface area contributed by atoms with Crippen molar-refractivity contribution in [2.45, 2.75) is 51.0 Å². The largest absolute Gasteiger partial charge is 0.388 e. The second-order valence-corrected chi connectivity index (χ2v) is 6.96. The number of aromatic amines is 2. The van der Waals surface area contributed by atoms with Crippen molar-refractivity contribution in [2.75, 3.05) is 0 Å². The monoisotopic (exact) mass is 352 g/mol. The average molecular weight is 353 g/mol. The number of aliphatic hydroxyl groups is 1. The van der Waals surface area contributed by atoms with E-state index < -0.39 is 6.10 Å². The molecule has 3 rings (SSSR count). The van der Waals surface area contributed by atoms with Gasteiger partial charge in [0.05, 0.1) is 17.1 Å². The highest BCUT2D eigenvalue weighted by Gasteiger charge is 2.20. The summed E-state index contributed by atoms with van der Waals surface area (Å²) < 4.78 is 0.853. The van der Waals surface area contributed by atoms with Crippen LogP contribution in [0.25, 0.3) is 11.0 Å². The standard InChI is InChI=1S/C16H21BrN2O2/c17-12-9-14-13(18-16(21)19-14)8-11(12)15(20)7-10-5-3-1-2-4-6-10/h8-10,15,20H,1-7H2,(H2,18,19,21). The third kappa shape index (κ3) is 3.40. The van der Waals surface area contributed by atoms with Gasteiger partial charge in [0.1, 0.15) is 0 Å². The molecule has 0 spiro atoms. The number of aromatic nitrogens is 2. The van der Waals surface area contributed by atoms with Crippen LogP contribution in [0.2, 0.25) is 0 Å². The van der Waals surface area contributed by atoms with Gasteiger partial charge in [0.2, 0.25) is 0 Å². The molecule has 21 heavy (non-hydrogen) atoms. The average Bonchev–Trinajstić information content (AvgIpc) is 2.63. The molecular weight excluding hydrogens is 332 g/mol. The van der Waals surface area contributed by atoms with Crippen LogP contribution in [0, 0.1) is 5.92 Å². The summed E-state index contributed by atoms with van der Waals surface area (Å²) in [6, 6.07) is 3.73. The number of aliphatic hydroxyl groups excluding tert-OH is 1. The van der Waals surface area contributed by atoms with Crippen LogP contribution in [-0.4, -0.2) is 15.1 Å². The van der Waals surface area contributed by atoms with Crippen LogP contribution in [0.15, 0.2) is 21.4 Å². The molecule has 4 nitrogen and oxygen atoms in total. The maximum atomic E-state index is 11.3. The van der Waals surface area contributed by atoms with Gasteiger partial charge in [0.15, 0.2) is 0 Å². The molecular formula is C16H21BrN2O2. The number of rotatable bonds is 3. The second-order valence-electron chi connectivity index (χ2n) is 6.11. The molecule has 1 aromatic carbocycles. The van der Waals surface area contributed by atoms with Crippen molar-refractivity contribution in [3.8, 4) is 0 Å². The summed E-state index contributed by atoms with van der Waals surface area (Å²) >= 11 is 3.51. The van der Waals surface area contributed by atoms with Crippen molar-refractivity contribution < 1.29 is 5.11 Å². The number of benzene rings is 1. The summed E-state index contributed by atoms with van der Waals surface area (Å²) in [6.07, 6.45) is 7.98. The molecule has 2 aromatic rings. The fraction of sp³-hybridized carbons (Fsp3) is 0.562. The molecule has 1 atom stereocenters. The van der Waals surface area contributed by atoms with Crippen LogP contribution in [0.4, 0.5) is 0 Å². The number of halogens is 1. The van der Waals surface area contributed by atoms with Crippen molar-refractivity contribution >= 4 is 27.0 Å². The zero-order valence-corrected chi connectivity index (χ0v) is 13.6. The minimum Gasteiger partial charge on any atom is -0.388 e. The molecule has 1 aliphatic rings. The lowest BCUT2D eigenvalue weighted by molar-refractivity contribution is 0.138. The van der Waals surface area contributed by atoms with Gasteiger partial charge in [-0.05, 0) is 30.0 Å². The Labute approximate surface area is 132 Å². The van der Waals surface area contributed by atoms with Gasteiger partial charge in [0, 0.05) is 4.47 Å². The molecule has 1 heterocycles. The van der Waals surface area contributed by atoms with Gasteiger partial charge in [-0.1, -0.05) is 54.5 Å². The van der Waals surface area contributed by atoms with Crippen molar-refractivity contribution in [1.82, 2.24) is 9.97 Å². The number of nitrogens with one attached hydrogen (secondary N) is 2. The SMILES string of the molecule is O=c1[nH]c2cc(Br)c(C(O)CC3CCCCCC3)cc2[nH]1. The Morgan fingerprint density at radius 3 is 2.43 bits per heavy atom. The number of imidazole rings is 1. The molecule has 0 radical (unpaired) electrons. The van der Waals surface area contributed by atoms with Gasteiger partial charge in [-0.3, -0.25) is 0 Å². The molecule has 1 aliphatic carbocycles. The Hall–Kier alpha value is -1.07. The van der Waals surface area contributed by atoms with E-state index >= 15 is 0 Å². The van der Waals surface area contributed by atoms with Gasteiger partial charge in [-0.15, -0.1) is 0 Å². The predicted molar refractivity (Wildman–Crippen MR) is 87.4 cm³/mol. The number of H-pyrrole nitrogens is 2. The molecule has 114 valence electrons. The van der Waals surface area contributed by atoms with E-state index in [1.54, 1.807) is 0 Å². The summed E-state index contributed by atoms with van der Waals surface area (Å²) in [5.74, 6) is 0.607. The van der Waals surface area contributed by atoms with E-state index in [4.69, 9.17) is 0 Å². The van der Waals surface area contributed by atoms with Crippen LogP contribution in [0.3, 0.4) is 0 Å². The maximum Gasteiger partial charge on any atom is 0.323 e.